The molecule has 25 heavy (non-hydrogen) atoms. The van der Waals surface area contributed by atoms with Gasteiger partial charge in [-0.05, 0) is 48.9 Å². The number of halogens is 1. The number of hydrogen-bond acceptors (Lipinski definition) is 4. The summed E-state index contributed by atoms with van der Waals surface area (Å²) in [6, 6.07) is 9.09. The number of hydrazone groups is 1. The van der Waals surface area contributed by atoms with Gasteiger partial charge in [0.1, 0.15) is 0 Å². The number of carbonyl (C=O) groups excluding carboxylic acids is 1. The molecule has 1 aliphatic heterocycles. The van der Waals surface area contributed by atoms with Gasteiger partial charge in [-0.1, -0.05) is 17.7 Å². The standard InChI is InChI=1S/C18H20ClN5O/c1-11-9-15(10-14-7-8-16(21-20)23-22-14)24(2)17(11)18(25)12-3-5-13(19)6-4-12/h3-9,14,22H,10,20H2,1-2H3,(H,21,23). The fourth-order valence-electron chi connectivity index (χ4n) is 2.97. The largest absolute Gasteiger partial charge is 0.345 e. The zero-order valence-corrected chi connectivity index (χ0v) is 14.8. The number of aryl methyl sites for hydroxylation is 1. The van der Waals surface area contributed by atoms with Crippen molar-refractivity contribution in [1.29, 1.82) is 0 Å². The minimum absolute atomic E-state index is 0.00858. The van der Waals surface area contributed by atoms with Gasteiger partial charge in [0.2, 0.25) is 5.78 Å². The number of amidine groups is 1. The molecule has 2 aromatic rings. The molecule has 4 N–H and O–H groups in total. The number of nitrogens with two attached hydrogens (primary N) is 1. The number of nitrogens with one attached hydrogen (secondary N) is 2. The summed E-state index contributed by atoms with van der Waals surface area (Å²) in [5.41, 5.74) is 9.40. The van der Waals surface area contributed by atoms with E-state index in [1.54, 1.807) is 24.3 Å². The van der Waals surface area contributed by atoms with Gasteiger partial charge in [0.05, 0.1) is 5.69 Å². The van der Waals surface area contributed by atoms with Crippen molar-refractivity contribution in [3.05, 3.63) is 70.0 Å². The predicted molar refractivity (Wildman–Crippen MR) is 99.6 cm³/mol. The number of hydrogen-bond donors (Lipinski definition) is 3. The van der Waals surface area contributed by atoms with Crippen molar-refractivity contribution in [3.8, 4) is 0 Å². The van der Waals surface area contributed by atoms with Crippen molar-refractivity contribution < 1.29 is 4.79 Å². The molecule has 2 heterocycles. The van der Waals surface area contributed by atoms with Crippen LogP contribution < -0.4 is 16.7 Å². The lowest BCUT2D eigenvalue weighted by Gasteiger charge is -2.21. The highest BCUT2D eigenvalue weighted by Gasteiger charge is 2.20. The van der Waals surface area contributed by atoms with Gasteiger partial charge < -0.3 is 15.8 Å². The van der Waals surface area contributed by atoms with Crippen molar-refractivity contribution in [2.45, 2.75) is 19.4 Å². The average Bonchev–Trinajstić information content (AvgIpc) is 2.89. The molecule has 0 spiro atoms. The van der Waals surface area contributed by atoms with E-state index in [1.165, 1.54) is 0 Å². The van der Waals surface area contributed by atoms with Gasteiger partial charge in [0, 0.05) is 35.8 Å². The monoisotopic (exact) mass is 357 g/mol. The highest BCUT2D eigenvalue weighted by atomic mass is 35.5. The van der Waals surface area contributed by atoms with Crippen LogP contribution in [0.2, 0.25) is 5.02 Å². The summed E-state index contributed by atoms with van der Waals surface area (Å²) in [5, 5.41) is 4.20. The molecular weight excluding hydrogens is 338 g/mol. The molecule has 1 aromatic carbocycles. The highest BCUT2D eigenvalue weighted by Crippen LogP contribution is 2.21. The van der Waals surface area contributed by atoms with E-state index in [0.717, 1.165) is 17.7 Å². The first-order chi connectivity index (χ1) is 12.0. The second kappa shape index (κ2) is 7.13. The van der Waals surface area contributed by atoms with Gasteiger partial charge >= 0.3 is 0 Å². The Labute approximate surface area is 151 Å². The molecule has 7 heteroatoms. The lowest BCUT2D eigenvalue weighted by Crippen LogP contribution is -2.47. The molecule has 1 atom stereocenters. The van der Waals surface area contributed by atoms with Crippen LogP contribution in [0.1, 0.15) is 27.3 Å². The Bertz CT molecular complexity index is 851. The number of hydrazine groups is 1. The van der Waals surface area contributed by atoms with Gasteiger partial charge in [0.25, 0.3) is 0 Å². The quantitative estimate of drug-likeness (QED) is 0.444. The van der Waals surface area contributed by atoms with Crippen molar-refractivity contribution >= 4 is 23.2 Å². The Hall–Kier alpha value is -2.57. The minimum Gasteiger partial charge on any atom is -0.345 e. The summed E-state index contributed by atoms with van der Waals surface area (Å²) in [5.74, 6) is 5.80. The minimum atomic E-state index is -0.00858. The van der Waals surface area contributed by atoms with Crippen molar-refractivity contribution in [2.24, 2.45) is 18.0 Å². The highest BCUT2D eigenvalue weighted by molar-refractivity contribution is 6.30. The van der Waals surface area contributed by atoms with E-state index in [1.807, 2.05) is 36.8 Å². The lowest BCUT2D eigenvalue weighted by molar-refractivity contribution is 0.103. The van der Waals surface area contributed by atoms with E-state index in [0.29, 0.717) is 22.1 Å². The summed E-state index contributed by atoms with van der Waals surface area (Å²) in [7, 11) is 1.91. The Kier molecular flexibility index (Phi) is 4.92. The van der Waals surface area contributed by atoms with Crippen LogP contribution in [0.4, 0.5) is 0 Å². The SMILES string of the molecule is Cc1cc(CC2C=CC(=NN)NN2)n(C)c1C(=O)c1ccc(Cl)cc1. The van der Waals surface area contributed by atoms with Gasteiger partial charge in [-0.25, -0.2) is 5.43 Å². The Morgan fingerprint density at radius 2 is 2.08 bits per heavy atom. The molecule has 0 fully saturated rings. The molecule has 0 bridgehead atoms. The zero-order valence-electron chi connectivity index (χ0n) is 14.1. The third kappa shape index (κ3) is 3.60. The van der Waals surface area contributed by atoms with Crippen LogP contribution in [0.15, 0.2) is 47.6 Å². The lowest BCUT2D eigenvalue weighted by atomic mass is 10.1. The molecule has 3 rings (SSSR count). The Morgan fingerprint density at radius 3 is 2.68 bits per heavy atom. The van der Waals surface area contributed by atoms with Gasteiger partial charge in [0.15, 0.2) is 5.84 Å². The van der Waals surface area contributed by atoms with Gasteiger partial charge in [-0.3, -0.25) is 4.79 Å². The second-order valence-corrected chi connectivity index (χ2v) is 6.45. The number of nitrogens with zero attached hydrogens (tertiary/aromatic N) is 2. The third-order valence-electron chi connectivity index (χ3n) is 4.28. The summed E-state index contributed by atoms with van der Waals surface area (Å²) in [6.07, 6.45) is 4.55. The molecular formula is C18H20ClN5O. The maximum atomic E-state index is 12.9. The normalized spacial score (nSPS) is 18.4. The van der Waals surface area contributed by atoms with Gasteiger partial charge in [-0.2, -0.15) is 5.10 Å². The van der Waals surface area contributed by atoms with E-state index in [2.05, 4.69) is 16.0 Å². The van der Waals surface area contributed by atoms with E-state index in [4.69, 9.17) is 17.4 Å². The maximum Gasteiger partial charge on any atom is 0.209 e. The zero-order chi connectivity index (χ0) is 18.0. The topological polar surface area (TPSA) is 84.4 Å². The van der Waals surface area contributed by atoms with Crippen molar-refractivity contribution in [1.82, 2.24) is 15.4 Å². The van der Waals surface area contributed by atoms with Gasteiger partial charge in [-0.15, -0.1) is 0 Å². The molecule has 1 aliphatic rings. The van der Waals surface area contributed by atoms with Crippen LogP contribution in [-0.4, -0.2) is 22.2 Å². The molecule has 0 saturated carbocycles. The number of carbonyl (C=O) groups is 1. The second-order valence-electron chi connectivity index (χ2n) is 6.02. The number of rotatable bonds is 4. The first kappa shape index (κ1) is 17.3. The van der Waals surface area contributed by atoms with Crippen molar-refractivity contribution in [2.75, 3.05) is 0 Å². The molecule has 6 nitrogen and oxygen atoms in total. The van der Waals surface area contributed by atoms with Crippen molar-refractivity contribution in [3.63, 3.8) is 0 Å². The van der Waals surface area contributed by atoms with Crippen LogP contribution >= 0.6 is 11.6 Å². The summed E-state index contributed by atoms with van der Waals surface area (Å²) in [4.78, 5) is 12.9. The molecule has 1 aromatic heterocycles. The smallest absolute Gasteiger partial charge is 0.209 e. The molecule has 130 valence electrons. The van der Waals surface area contributed by atoms with Crippen LogP contribution in [0.25, 0.3) is 0 Å². The first-order valence-electron chi connectivity index (χ1n) is 7.92. The average molecular weight is 358 g/mol. The fourth-order valence-corrected chi connectivity index (χ4v) is 3.10. The Balaban J connectivity index is 1.84. The van der Waals surface area contributed by atoms with Crippen LogP contribution in [0.5, 0.6) is 0 Å². The number of benzene rings is 1. The number of aromatic nitrogens is 1. The Morgan fingerprint density at radius 1 is 1.36 bits per heavy atom. The van der Waals surface area contributed by atoms with E-state index in [9.17, 15) is 4.79 Å². The summed E-state index contributed by atoms with van der Waals surface area (Å²) in [6.45, 7) is 1.95. The summed E-state index contributed by atoms with van der Waals surface area (Å²) < 4.78 is 1.95. The molecule has 0 aliphatic carbocycles. The molecule has 0 amide bonds. The molecule has 1 unspecified atom stereocenters. The maximum absolute atomic E-state index is 12.9. The molecule has 0 saturated heterocycles. The van der Waals surface area contributed by atoms with E-state index >= 15 is 0 Å². The van der Waals surface area contributed by atoms with Crippen LogP contribution in [-0.2, 0) is 13.5 Å². The first-order valence-corrected chi connectivity index (χ1v) is 8.30. The van der Waals surface area contributed by atoms with Crippen LogP contribution in [0.3, 0.4) is 0 Å². The van der Waals surface area contributed by atoms with E-state index < -0.39 is 0 Å². The fraction of sp³-hybridized carbons (Fsp3) is 0.222. The third-order valence-corrected chi connectivity index (χ3v) is 4.54. The van der Waals surface area contributed by atoms with E-state index in [-0.39, 0.29) is 11.8 Å². The summed E-state index contributed by atoms with van der Waals surface area (Å²) >= 11 is 5.91. The number of ketones is 1. The molecule has 0 radical (unpaired) electrons. The van der Waals surface area contributed by atoms with Crippen LogP contribution in [0, 0.1) is 6.92 Å². The predicted octanol–water partition coefficient (Wildman–Crippen LogP) is 2.07.